The van der Waals surface area contributed by atoms with Gasteiger partial charge < -0.3 is 14.5 Å². The fourth-order valence-corrected chi connectivity index (χ4v) is 4.57. The number of H-pyrrole nitrogens is 1. The smallest absolute Gasteiger partial charge is 0.173 e. The fraction of sp³-hybridized carbons (Fsp3) is 0.192. The van der Waals surface area contributed by atoms with Crippen molar-refractivity contribution in [2.24, 2.45) is 0 Å². The van der Waals surface area contributed by atoms with E-state index in [4.69, 9.17) is 0 Å². The van der Waals surface area contributed by atoms with Crippen LogP contribution < -0.4 is 0 Å². The van der Waals surface area contributed by atoms with Gasteiger partial charge in [0.05, 0.1) is 17.1 Å². The second-order valence-corrected chi connectivity index (χ2v) is 8.88. The Morgan fingerprint density at radius 2 is 1.94 bits per heavy atom. The molecule has 7 nitrogen and oxygen atoms in total. The van der Waals surface area contributed by atoms with Gasteiger partial charge in [0.15, 0.2) is 11.5 Å². The molecule has 0 aliphatic carbocycles. The third-order valence-electron chi connectivity index (χ3n) is 6.36. The number of hydrogen-bond donors (Lipinski definition) is 2. The maximum Gasteiger partial charge on any atom is 0.173 e. The highest BCUT2D eigenvalue weighted by atomic mass is 19.1. The Kier molecular flexibility index (Phi) is 4.88. The lowest BCUT2D eigenvalue weighted by Crippen LogP contribution is -2.44. The number of fused-ring (bicyclic) bond motifs is 1. The first-order valence-corrected chi connectivity index (χ1v) is 11.2. The molecule has 5 heterocycles. The van der Waals surface area contributed by atoms with E-state index in [1.54, 1.807) is 28.9 Å². The number of halogens is 1. The Balaban J connectivity index is 1.18. The first-order chi connectivity index (χ1) is 16.5. The molecule has 0 atom stereocenters. The fourth-order valence-electron chi connectivity index (χ4n) is 4.57. The van der Waals surface area contributed by atoms with Gasteiger partial charge in [0.1, 0.15) is 5.75 Å². The molecule has 1 aliphatic heterocycles. The molecule has 0 amide bonds. The molecule has 0 spiro atoms. The zero-order valence-corrected chi connectivity index (χ0v) is 18.6. The minimum Gasteiger partial charge on any atom is -0.507 e. The Labute approximate surface area is 195 Å². The maximum absolute atomic E-state index is 14.5. The molecular formula is C26H23FN6O. The van der Waals surface area contributed by atoms with Crippen LogP contribution in [0.25, 0.3) is 28.0 Å². The Morgan fingerprint density at radius 3 is 2.68 bits per heavy atom. The molecule has 0 radical (unpaired) electrons. The minimum atomic E-state index is -0.404. The number of aromatic amines is 1. The van der Waals surface area contributed by atoms with E-state index in [-0.39, 0.29) is 11.4 Å². The van der Waals surface area contributed by atoms with Crippen LogP contribution in [0.5, 0.6) is 5.75 Å². The molecule has 170 valence electrons. The average Bonchev–Trinajstić information content (AvgIpc) is 3.45. The number of rotatable bonds is 5. The van der Waals surface area contributed by atoms with E-state index in [0.29, 0.717) is 28.3 Å². The van der Waals surface area contributed by atoms with E-state index in [1.807, 2.05) is 37.5 Å². The van der Waals surface area contributed by atoms with Crippen LogP contribution in [0.4, 0.5) is 4.39 Å². The van der Waals surface area contributed by atoms with E-state index in [1.165, 1.54) is 11.6 Å². The van der Waals surface area contributed by atoms with Crippen LogP contribution in [-0.2, 0) is 6.54 Å². The van der Waals surface area contributed by atoms with Crippen molar-refractivity contribution in [3.05, 3.63) is 90.0 Å². The monoisotopic (exact) mass is 454 g/mol. The number of benzene rings is 1. The summed E-state index contributed by atoms with van der Waals surface area (Å²) in [5.74, 6) is 0.0366. The number of hydrogen-bond acceptors (Lipinski definition) is 5. The zero-order chi connectivity index (χ0) is 23.2. The number of aromatic nitrogens is 5. The number of aryl methyl sites for hydroxylation is 1. The first kappa shape index (κ1) is 20.6. The quantitative estimate of drug-likeness (QED) is 0.408. The number of likely N-dealkylation sites (tertiary alicyclic amines) is 1. The molecule has 0 unspecified atom stereocenters. The number of phenolic OH excluding ortho intramolecular Hbond substituents is 1. The van der Waals surface area contributed by atoms with E-state index < -0.39 is 5.82 Å². The number of nitrogens with zero attached hydrogens (tertiary/aromatic N) is 5. The molecule has 1 fully saturated rings. The van der Waals surface area contributed by atoms with Crippen molar-refractivity contribution in [3.8, 4) is 28.1 Å². The average molecular weight is 455 g/mol. The standard InChI is InChI=1S/C26H23FN6O/c1-16-11-33-15-19(8-22(27)26(33)29-16)18-2-3-21(25(34)9-18)24-5-4-23(30-31-24)20-13-32(14-20)12-17-6-7-28-10-17/h2-11,15,20,28,34H,12-14H2,1H3. The summed E-state index contributed by atoms with van der Waals surface area (Å²) in [4.78, 5) is 9.65. The minimum absolute atomic E-state index is 0.0724. The van der Waals surface area contributed by atoms with Crippen molar-refractivity contribution >= 4 is 5.65 Å². The van der Waals surface area contributed by atoms with Crippen molar-refractivity contribution in [2.75, 3.05) is 13.1 Å². The first-order valence-electron chi connectivity index (χ1n) is 11.2. The maximum atomic E-state index is 14.5. The summed E-state index contributed by atoms with van der Waals surface area (Å²) in [6, 6.07) is 12.7. The Bertz CT molecular complexity index is 1470. The van der Waals surface area contributed by atoms with Gasteiger partial charge >= 0.3 is 0 Å². The molecule has 1 saturated heterocycles. The molecule has 1 aromatic carbocycles. The van der Waals surface area contributed by atoms with Gasteiger partial charge in [-0.15, -0.1) is 0 Å². The molecule has 5 aromatic rings. The molecule has 8 heteroatoms. The molecular weight excluding hydrogens is 431 g/mol. The number of aromatic hydroxyl groups is 1. The molecule has 1 aliphatic rings. The van der Waals surface area contributed by atoms with Crippen LogP contribution in [-0.4, -0.2) is 47.7 Å². The summed E-state index contributed by atoms with van der Waals surface area (Å²) in [6.07, 6.45) is 7.54. The van der Waals surface area contributed by atoms with Gasteiger partial charge in [0, 0.05) is 61.5 Å². The largest absolute Gasteiger partial charge is 0.507 e. The lowest BCUT2D eigenvalue weighted by atomic mass is 9.95. The highest BCUT2D eigenvalue weighted by Gasteiger charge is 2.29. The van der Waals surface area contributed by atoms with E-state index in [0.717, 1.165) is 31.0 Å². The van der Waals surface area contributed by atoms with Crippen LogP contribution in [0.1, 0.15) is 22.9 Å². The second-order valence-electron chi connectivity index (χ2n) is 8.88. The molecule has 2 N–H and O–H groups in total. The zero-order valence-electron chi connectivity index (χ0n) is 18.6. The summed E-state index contributed by atoms with van der Waals surface area (Å²) >= 11 is 0. The van der Waals surface area contributed by atoms with Crippen LogP contribution in [0.3, 0.4) is 0 Å². The van der Waals surface area contributed by atoms with Gasteiger partial charge in [0.25, 0.3) is 0 Å². The third-order valence-corrected chi connectivity index (χ3v) is 6.36. The van der Waals surface area contributed by atoms with Gasteiger partial charge in [-0.05, 0) is 54.4 Å². The normalized spacial score (nSPS) is 14.5. The van der Waals surface area contributed by atoms with Crippen molar-refractivity contribution < 1.29 is 9.50 Å². The Morgan fingerprint density at radius 1 is 1.06 bits per heavy atom. The Hall–Kier alpha value is -4.04. The second kappa shape index (κ2) is 8.07. The molecule has 4 aromatic heterocycles. The summed E-state index contributed by atoms with van der Waals surface area (Å²) in [6.45, 7) is 4.67. The van der Waals surface area contributed by atoms with Crippen LogP contribution in [0, 0.1) is 12.7 Å². The highest BCUT2D eigenvalue weighted by Crippen LogP contribution is 2.34. The summed E-state index contributed by atoms with van der Waals surface area (Å²) in [5, 5.41) is 19.5. The molecule has 0 bridgehead atoms. The SMILES string of the molecule is Cc1cn2cc(-c3ccc(-c4ccc(C5CN(Cc6cc[nH]c6)C5)nn4)c(O)c3)cc(F)c2n1. The number of nitrogens with one attached hydrogen (secondary N) is 1. The van der Waals surface area contributed by atoms with Gasteiger partial charge in [-0.3, -0.25) is 4.90 Å². The van der Waals surface area contributed by atoms with Crippen molar-refractivity contribution in [2.45, 2.75) is 19.4 Å². The van der Waals surface area contributed by atoms with Gasteiger partial charge in [-0.2, -0.15) is 10.2 Å². The molecule has 6 rings (SSSR count). The summed E-state index contributed by atoms with van der Waals surface area (Å²) in [5.41, 5.74) is 5.82. The lowest BCUT2D eigenvalue weighted by Gasteiger charge is -2.38. The van der Waals surface area contributed by atoms with Gasteiger partial charge in [0.2, 0.25) is 0 Å². The van der Waals surface area contributed by atoms with Gasteiger partial charge in [-0.1, -0.05) is 6.07 Å². The topological polar surface area (TPSA) is 82.3 Å². The summed E-state index contributed by atoms with van der Waals surface area (Å²) in [7, 11) is 0. The van der Waals surface area contributed by atoms with Crippen molar-refractivity contribution in [1.82, 2.24) is 29.5 Å². The predicted octanol–water partition coefficient (Wildman–Crippen LogP) is 4.54. The number of pyridine rings is 1. The highest BCUT2D eigenvalue weighted by molar-refractivity contribution is 5.74. The van der Waals surface area contributed by atoms with Crippen LogP contribution in [0.2, 0.25) is 0 Å². The number of phenols is 1. The third kappa shape index (κ3) is 3.72. The van der Waals surface area contributed by atoms with Crippen LogP contribution in [0.15, 0.2) is 67.3 Å². The van der Waals surface area contributed by atoms with Gasteiger partial charge in [-0.25, -0.2) is 9.37 Å². The van der Waals surface area contributed by atoms with Crippen LogP contribution >= 0.6 is 0 Å². The lowest BCUT2D eigenvalue weighted by molar-refractivity contribution is 0.137. The van der Waals surface area contributed by atoms with Crippen molar-refractivity contribution in [1.29, 1.82) is 0 Å². The van der Waals surface area contributed by atoms with E-state index in [9.17, 15) is 9.50 Å². The van der Waals surface area contributed by atoms with Crippen molar-refractivity contribution in [3.63, 3.8) is 0 Å². The number of imidazole rings is 1. The summed E-state index contributed by atoms with van der Waals surface area (Å²) < 4.78 is 16.1. The molecule has 0 saturated carbocycles. The van der Waals surface area contributed by atoms with E-state index in [2.05, 4.69) is 31.1 Å². The van der Waals surface area contributed by atoms with E-state index >= 15 is 0 Å². The molecule has 34 heavy (non-hydrogen) atoms. The predicted molar refractivity (Wildman–Crippen MR) is 127 cm³/mol.